The topological polar surface area (TPSA) is 34.2 Å². The largest absolute Gasteiger partial charge is 0.379 e. The summed E-state index contributed by atoms with van der Waals surface area (Å²) in [5.74, 6) is 1.27. The molecule has 0 spiro atoms. The van der Waals surface area contributed by atoms with Gasteiger partial charge in [0, 0.05) is 71.2 Å². The first-order valence-corrected chi connectivity index (χ1v) is 14.3. The molecule has 5 fully saturated rings. The zero-order valence-electron chi connectivity index (χ0n) is 17.9. The van der Waals surface area contributed by atoms with Gasteiger partial charge in [0.15, 0.2) is 4.99 Å². The fourth-order valence-electron chi connectivity index (χ4n) is 6.46. The SMILES string of the molecule is C1CCN(C2(N3CCCC3)CCSSC2(N2CCNCC2)N2CCOCC2)CC1. The van der Waals surface area contributed by atoms with Crippen LogP contribution in [-0.2, 0) is 4.74 Å². The van der Waals surface area contributed by atoms with Crippen LogP contribution in [0.4, 0.5) is 0 Å². The number of nitrogens with zero attached hydrogens (tertiary/aromatic N) is 4. The van der Waals surface area contributed by atoms with Crippen LogP contribution in [0.1, 0.15) is 38.5 Å². The second-order valence-corrected chi connectivity index (χ2v) is 11.7. The Hall–Kier alpha value is 0.460. The molecule has 0 amide bonds. The highest BCUT2D eigenvalue weighted by molar-refractivity contribution is 8.77. The molecule has 5 saturated heterocycles. The smallest absolute Gasteiger partial charge is 0.165 e. The maximum Gasteiger partial charge on any atom is 0.165 e. The van der Waals surface area contributed by atoms with Crippen LogP contribution in [0.5, 0.6) is 0 Å². The summed E-state index contributed by atoms with van der Waals surface area (Å²) in [7, 11) is 4.35. The Kier molecular flexibility index (Phi) is 7.00. The van der Waals surface area contributed by atoms with Gasteiger partial charge >= 0.3 is 0 Å². The number of ether oxygens (including phenoxy) is 1. The van der Waals surface area contributed by atoms with E-state index in [0.29, 0.717) is 0 Å². The van der Waals surface area contributed by atoms with Gasteiger partial charge in [-0.2, -0.15) is 0 Å². The number of nitrogens with one attached hydrogen (secondary N) is 1. The van der Waals surface area contributed by atoms with E-state index in [2.05, 4.69) is 46.5 Å². The number of piperazine rings is 1. The Morgan fingerprint density at radius 3 is 1.90 bits per heavy atom. The Bertz CT molecular complexity index is 513. The summed E-state index contributed by atoms with van der Waals surface area (Å²) in [6.45, 7) is 13.6. The van der Waals surface area contributed by atoms with Crippen molar-refractivity contribution in [2.75, 3.05) is 84.4 Å². The molecule has 2 atom stereocenters. The molecule has 0 aromatic heterocycles. The maximum absolute atomic E-state index is 5.85. The molecule has 6 nitrogen and oxygen atoms in total. The zero-order chi connectivity index (χ0) is 19.6. The Morgan fingerprint density at radius 2 is 1.24 bits per heavy atom. The lowest BCUT2D eigenvalue weighted by Crippen LogP contribution is -2.83. The number of piperidine rings is 1. The van der Waals surface area contributed by atoms with E-state index in [4.69, 9.17) is 4.74 Å². The quantitative estimate of drug-likeness (QED) is 0.663. The average Bonchev–Trinajstić information content (AvgIpc) is 3.36. The van der Waals surface area contributed by atoms with E-state index >= 15 is 0 Å². The molecule has 0 radical (unpaired) electrons. The van der Waals surface area contributed by atoms with Crippen molar-refractivity contribution in [2.24, 2.45) is 0 Å². The van der Waals surface area contributed by atoms with Gasteiger partial charge in [0.1, 0.15) is 5.66 Å². The summed E-state index contributed by atoms with van der Waals surface area (Å²) >= 11 is 0. The minimum atomic E-state index is 0.0312. The normalized spacial score (nSPS) is 39.7. The van der Waals surface area contributed by atoms with Crippen LogP contribution in [0.3, 0.4) is 0 Å². The highest BCUT2D eigenvalue weighted by Crippen LogP contribution is 2.58. The van der Waals surface area contributed by atoms with Gasteiger partial charge in [-0.25, -0.2) is 0 Å². The van der Waals surface area contributed by atoms with E-state index in [1.807, 2.05) is 0 Å². The lowest BCUT2D eigenvalue weighted by Gasteiger charge is -2.68. The fourth-order valence-corrected chi connectivity index (χ4v) is 10.2. The number of hydrogen-bond donors (Lipinski definition) is 1. The second-order valence-electron chi connectivity index (χ2n) is 9.16. The Morgan fingerprint density at radius 1 is 0.655 bits per heavy atom. The third-order valence-corrected chi connectivity index (χ3v) is 10.8. The highest BCUT2D eigenvalue weighted by atomic mass is 33.1. The van der Waals surface area contributed by atoms with Crippen molar-refractivity contribution in [1.29, 1.82) is 0 Å². The summed E-state index contributed by atoms with van der Waals surface area (Å²) in [6, 6.07) is 0. The molecule has 1 N–H and O–H groups in total. The Balaban J connectivity index is 1.62. The third-order valence-electron chi connectivity index (χ3n) is 7.72. The van der Waals surface area contributed by atoms with Gasteiger partial charge in [0.05, 0.1) is 13.2 Å². The summed E-state index contributed by atoms with van der Waals surface area (Å²) in [4.78, 5) is 11.7. The van der Waals surface area contributed by atoms with Crippen molar-refractivity contribution in [3.05, 3.63) is 0 Å². The van der Waals surface area contributed by atoms with Crippen LogP contribution < -0.4 is 5.32 Å². The zero-order valence-corrected chi connectivity index (χ0v) is 19.6. The Labute approximate surface area is 184 Å². The van der Waals surface area contributed by atoms with Crippen molar-refractivity contribution < 1.29 is 4.74 Å². The molecule has 5 aliphatic heterocycles. The second kappa shape index (κ2) is 9.53. The molecule has 0 aromatic carbocycles. The summed E-state index contributed by atoms with van der Waals surface area (Å²) in [6.07, 6.45) is 8.18. The minimum Gasteiger partial charge on any atom is -0.379 e. The number of morpholine rings is 1. The molecule has 0 aliphatic carbocycles. The van der Waals surface area contributed by atoms with Crippen LogP contribution >= 0.6 is 21.6 Å². The number of rotatable bonds is 4. The van der Waals surface area contributed by atoms with E-state index < -0.39 is 0 Å². The number of likely N-dealkylation sites (tertiary alicyclic amines) is 2. The molecule has 0 bridgehead atoms. The van der Waals surface area contributed by atoms with Gasteiger partial charge in [-0.3, -0.25) is 19.6 Å². The summed E-state index contributed by atoms with van der Waals surface area (Å²) in [5, 5.41) is 3.62. The van der Waals surface area contributed by atoms with Gasteiger partial charge in [-0.05, 0) is 32.1 Å². The van der Waals surface area contributed by atoms with Crippen molar-refractivity contribution in [2.45, 2.75) is 49.2 Å². The predicted octanol–water partition coefficient (Wildman–Crippen LogP) is 1.94. The van der Waals surface area contributed by atoms with Gasteiger partial charge in [0.2, 0.25) is 0 Å². The maximum atomic E-state index is 5.85. The van der Waals surface area contributed by atoms with Crippen LogP contribution in [0.2, 0.25) is 0 Å². The summed E-state index contributed by atoms with van der Waals surface area (Å²) < 4.78 is 5.85. The van der Waals surface area contributed by atoms with E-state index in [-0.39, 0.29) is 10.7 Å². The van der Waals surface area contributed by atoms with Crippen LogP contribution in [0.25, 0.3) is 0 Å². The first-order chi connectivity index (χ1) is 14.4. The average molecular weight is 442 g/mol. The predicted molar refractivity (Wildman–Crippen MR) is 123 cm³/mol. The van der Waals surface area contributed by atoms with Crippen LogP contribution in [0.15, 0.2) is 0 Å². The van der Waals surface area contributed by atoms with E-state index in [1.54, 1.807) is 0 Å². The molecule has 8 heteroatoms. The van der Waals surface area contributed by atoms with E-state index in [9.17, 15) is 0 Å². The van der Waals surface area contributed by atoms with E-state index in [0.717, 1.165) is 52.5 Å². The lowest BCUT2D eigenvalue weighted by atomic mass is 9.91. The molecule has 5 aliphatic rings. The van der Waals surface area contributed by atoms with Crippen LogP contribution in [0, 0.1) is 0 Å². The highest BCUT2D eigenvalue weighted by Gasteiger charge is 2.66. The van der Waals surface area contributed by atoms with Gasteiger partial charge in [-0.15, -0.1) is 0 Å². The molecule has 5 rings (SSSR count). The fraction of sp³-hybridized carbons (Fsp3) is 1.00. The summed E-state index contributed by atoms with van der Waals surface area (Å²) in [5.41, 5.74) is 0.133. The molecular formula is C21H39N5OS2. The monoisotopic (exact) mass is 441 g/mol. The van der Waals surface area contributed by atoms with E-state index in [1.165, 1.54) is 70.5 Å². The van der Waals surface area contributed by atoms with Gasteiger partial charge in [-0.1, -0.05) is 28.0 Å². The first-order valence-electron chi connectivity index (χ1n) is 12.0. The van der Waals surface area contributed by atoms with Crippen molar-refractivity contribution in [1.82, 2.24) is 24.9 Å². The molecule has 0 saturated carbocycles. The first kappa shape index (κ1) is 21.3. The lowest BCUT2D eigenvalue weighted by molar-refractivity contribution is -0.196. The van der Waals surface area contributed by atoms with Crippen molar-refractivity contribution in [3.8, 4) is 0 Å². The number of hydrogen-bond acceptors (Lipinski definition) is 8. The molecule has 166 valence electrons. The standard InChI is InChI=1S/C21H39N5OS2/c1-2-9-23(10-3-1)20(24-11-4-5-12-24)6-19-28-29-21(20,25-13-7-22-8-14-25)26-15-17-27-18-16-26/h22H,1-19H2. The molecule has 29 heavy (non-hydrogen) atoms. The molecular weight excluding hydrogens is 402 g/mol. The van der Waals surface area contributed by atoms with Gasteiger partial charge < -0.3 is 10.1 Å². The van der Waals surface area contributed by atoms with Crippen LogP contribution in [-0.4, -0.2) is 115 Å². The third kappa shape index (κ3) is 3.69. The van der Waals surface area contributed by atoms with Gasteiger partial charge in [0.25, 0.3) is 0 Å². The minimum absolute atomic E-state index is 0.0312. The molecule has 2 unspecified atom stereocenters. The van der Waals surface area contributed by atoms with Crippen molar-refractivity contribution in [3.63, 3.8) is 0 Å². The molecule has 5 heterocycles. The molecule has 0 aromatic rings. The van der Waals surface area contributed by atoms with Crippen molar-refractivity contribution >= 4 is 21.6 Å².